The predicted molar refractivity (Wildman–Crippen MR) is 66.2 cm³/mol. The molecular weight excluding hydrogens is 236 g/mol. The van der Waals surface area contributed by atoms with Crippen LogP contribution in [0, 0.1) is 0 Å². The normalized spacial score (nSPS) is 20.4. The van der Waals surface area contributed by atoms with Crippen LogP contribution in [0.25, 0.3) is 0 Å². The van der Waals surface area contributed by atoms with E-state index in [4.69, 9.17) is 9.47 Å². The number of carbonyl (C=O) groups excluding carboxylic acids is 2. The lowest BCUT2D eigenvalue weighted by Crippen LogP contribution is -2.49. The SMILES string of the molecule is CC(=O)N1CCO[C@@H](CNC(=O)OC(C)(C)C)C1. The van der Waals surface area contributed by atoms with Crippen molar-refractivity contribution in [3.63, 3.8) is 0 Å². The highest BCUT2D eigenvalue weighted by Crippen LogP contribution is 2.07. The van der Waals surface area contributed by atoms with E-state index >= 15 is 0 Å². The number of rotatable bonds is 2. The summed E-state index contributed by atoms with van der Waals surface area (Å²) in [5.41, 5.74) is -0.511. The van der Waals surface area contributed by atoms with Crippen LogP contribution in [0.4, 0.5) is 4.79 Å². The summed E-state index contributed by atoms with van der Waals surface area (Å²) in [7, 11) is 0. The topological polar surface area (TPSA) is 67.9 Å². The molecule has 1 saturated heterocycles. The Morgan fingerprint density at radius 1 is 1.44 bits per heavy atom. The molecule has 0 aromatic rings. The molecule has 0 bridgehead atoms. The third-order valence-electron chi connectivity index (χ3n) is 2.46. The van der Waals surface area contributed by atoms with Crippen LogP contribution in [0.5, 0.6) is 0 Å². The van der Waals surface area contributed by atoms with Crippen LogP contribution in [0.2, 0.25) is 0 Å². The molecule has 0 aliphatic carbocycles. The fourth-order valence-corrected chi connectivity index (χ4v) is 1.64. The minimum absolute atomic E-state index is 0.0283. The highest BCUT2D eigenvalue weighted by atomic mass is 16.6. The van der Waals surface area contributed by atoms with Crippen LogP contribution in [0.1, 0.15) is 27.7 Å². The molecule has 0 spiro atoms. The molecule has 0 aromatic carbocycles. The van der Waals surface area contributed by atoms with E-state index in [1.807, 2.05) is 0 Å². The number of alkyl carbamates (subject to hydrolysis) is 1. The first kappa shape index (κ1) is 14.8. The fourth-order valence-electron chi connectivity index (χ4n) is 1.64. The number of morpholine rings is 1. The molecule has 1 rings (SSSR count). The summed E-state index contributed by atoms with van der Waals surface area (Å²) in [6.07, 6.45) is -0.638. The van der Waals surface area contributed by atoms with Crippen molar-refractivity contribution in [3.05, 3.63) is 0 Å². The van der Waals surface area contributed by atoms with Crippen molar-refractivity contribution in [2.24, 2.45) is 0 Å². The molecule has 1 fully saturated rings. The molecule has 104 valence electrons. The van der Waals surface area contributed by atoms with E-state index in [9.17, 15) is 9.59 Å². The van der Waals surface area contributed by atoms with E-state index in [2.05, 4.69) is 5.32 Å². The third kappa shape index (κ3) is 5.35. The van der Waals surface area contributed by atoms with Gasteiger partial charge in [-0.15, -0.1) is 0 Å². The molecule has 0 radical (unpaired) electrons. The second-order valence-electron chi connectivity index (χ2n) is 5.34. The predicted octanol–water partition coefficient (Wildman–Crippen LogP) is 0.758. The van der Waals surface area contributed by atoms with Crippen molar-refractivity contribution in [3.8, 4) is 0 Å². The Morgan fingerprint density at radius 3 is 2.67 bits per heavy atom. The number of nitrogens with zero attached hydrogens (tertiary/aromatic N) is 1. The van der Waals surface area contributed by atoms with Gasteiger partial charge in [-0.2, -0.15) is 0 Å². The smallest absolute Gasteiger partial charge is 0.407 e. The fraction of sp³-hybridized carbons (Fsp3) is 0.833. The molecule has 1 aliphatic rings. The number of ether oxygens (including phenoxy) is 2. The first-order chi connectivity index (χ1) is 8.28. The summed E-state index contributed by atoms with van der Waals surface area (Å²) < 4.78 is 10.6. The van der Waals surface area contributed by atoms with E-state index in [-0.39, 0.29) is 12.0 Å². The Labute approximate surface area is 108 Å². The Bertz CT molecular complexity index is 312. The lowest BCUT2D eigenvalue weighted by molar-refractivity contribution is -0.136. The molecule has 6 nitrogen and oxygen atoms in total. The highest BCUT2D eigenvalue weighted by Gasteiger charge is 2.23. The average molecular weight is 258 g/mol. The number of nitrogens with one attached hydrogen (secondary N) is 1. The summed E-state index contributed by atoms with van der Waals surface area (Å²) in [6, 6.07) is 0. The molecule has 1 heterocycles. The van der Waals surface area contributed by atoms with Crippen LogP contribution in [-0.2, 0) is 14.3 Å². The van der Waals surface area contributed by atoms with Gasteiger partial charge in [0.25, 0.3) is 0 Å². The van der Waals surface area contributed by atoms with Crippen molar-refractivity contribution in [1.82, 2.24) is 10.2 Å². The second kappa shape index (κ2) is 6.04. The maximum Gasteiger partial charge on any atom is 0.407 e. The number of hydrogen-bond donors (Lipinski definition) is 1. The van der Waals surface area contributed by atoms with Crippen LogP contribution in [0.3, 0.4) is 0 Å². The minimum Gasteiger partial charge on any atom is -0.444 e. The molecule has 1 aliphatic heterocycles. The molecule has 6 heteroatoms. The molecule has 18 heavy (non-hydrogen) atoms. The van der Waals surface area contributed by atoms with Gasteiger partial charge >= 0.3 is 6.09 Å². The summed E-state index contributed by atoms with van der Waals surface area (Å²) in [6.45, 7) is 8.91. The van der Waals surface area contributed by atoms with E-state index in [1.165, 1.54) is 6.92 Å². The van der Waals surface area contributed by atoms with E-state index < -0.39 is 11.7 Å². The second-order valence-corrected chi connectivity index (χ2v) is 5.34. The van der Waals surface area contributed by atoms with Crippen LogP contribution >= 0.6 is 0 Å². The standard InChI is InChI=1S/C12H22N2O4/c1-9(15)14-5-6-17-10(8-14)7-13-11(16)18-12(2,3)4/h10H,5-8H2,1-4H3,(H,13,16)/t10-/m0/s1. The summed E-state index contributed by atoms with van der Waals surface area (Å²) >= 11 is 0. The molecule has 0 saturated carbocycles. The minimum atomic E-state index is -0.511. The lowest BCUT2D eigenvalue weighted by atomic mass is 10.2. The first-order valence-corrected chi connectivity index (χ1v) is 6.12. The summed E-state index contributed by atoms with van der Waals surface area (Å²) in [4.78, 5) is 24.4. The van der Waals surface area contributed by atoms with Gasteiger partial charge in [-0.25, -0.2) is 4.79 Å². The zero-order valence-electron chi connectivity index (χ0n) is 11.5. The Balaban J connectivity index is 2.31. The van der Waals surface area contributed by atoms with Gasteiger partial charge in [0, 0.05) is 26.6 Å². The van der Waals surface area contributed by atoms with Crippen molar-refractivity contribution in [2.75, 3.05) is 26.2 Å². The number of amides is 2. The monoisotopic (exact) mass is 258 g/mol. The van der Waals surface area contributed by atoms with Crippen LogP contribution < -0.4 is 5.32 Å². The van der Waals surface area contributed by atoms with Gasteiger partial charge in [-0.05, 0) is 20.8 Å². The zero-order valence-corrected chi connectivity index (χ0v) is 11.5. The molecular formula is C12H22N2O4. The quantitative estimate of drug-likeness (QED) is 0.794. The van der Waals surface area contributed by atoms with E-state index in [1.54, 1.807) is 25.7 Å². The maximum absolute atomic E-state index is 11.4. The van der Waals surface area contributed by atoms with Crippen LogP contribution in [0.15, 0.2) is 0 Å². The molecule has 0 aromatic heterocycles. The first-order valence-electron chi connectivity index (χ1n) is 6.12. The van der Waals surface area contributed by atoms with Crippen molar-refractivity contribution in [1.29, 1.82) is 0 Å². The average Bonchev–Trinajstić information content (AvgIpc) is 2.24. The Hall–Kier alpha value is -1.30. The van der Waals surface area contributed by atoms with E-state index in [0.29, 0.717) is 26.2 Å². The molecule has 1 atom stereocenters. The van der Waals surface area contributed by atoms with Crippen molar-refractivity contribution >= 4 is 12.0 Å². The van der Waals surface area contributed by atoms with Gasteiger partial charge in [0.2, 0.25) is 5.91 Å². The largest absolute Gasteiger partial charge is 0.444 e. The zero-order chi connectivity index (χ0) is 13.8. The van der Waals surface area contributed by atoms with Crippen LogP contribution in [-0.4, -0.2) is 54.8 Å². The van der Waals surface area contributed by atoms with Crippen molar-refractivity contribution in [2.45, 2.75) is 39.4 Å². The molecule has 2 amide bonds. The Kier molecular flexibility index (Phi) is 4.95. The van der Waals surface area contributed by atoms with E-state index in [0.717, 1.165) is 0 Å². The summed E-state index contributed by atoms with van der Waals surface area (Å²) in [5, 5.41) is 2.64. The highest BCUT2D eigenvalue weighted by molar-refractivity contribution is 5.73. The van der Waals surface area contributed by atoms with Gasteiger partial charge in [0.05, 0.1) is 12.7 Å². The lowest BCUT2D eigenvalue weighted by Gasteiger charge is -2.32. The third-order valence-corrected chi connectivity index (χ3v) is 2.46. The Morgan fingerprint density at radius 2 is 2.11 bits per heavy atom. The van der Waals surface area contributed by atoms with Gasteiger partial charge in [-0.3, -0.25) is 4.79 Å². The number of carbonyl (C=O) groups is 2. The summed E-state index contributed by atoms with van der Waals surface area (Å²) in [5.74, 6) is 0.0283. The number of hydrogen-bond acceptors (Lipinski definition) is 4. The van der Waals surface area contributed by atoms with Gasteiger partial charge < -0.3 is 19.7 Å². The maximum atomic E-state index is 11.4. The van der Waals surface area contributed by atoms with Crippen molar-refractivity contribution < 1.29 is 19.1 Å². The molecule has 1 N–H and O–H groups in total. The van der Waals surface area contributed by atoms with Gasteiger partial charge in [0.15, 0.2) is 0 Å². The van der Waals surface area contributed by atoms with Gasteiger partial charge in [0.1, 0.15) is 5.60 Å². The molecule has 0 unspecified atom stereocenters. The van der Waals surface area contributed by atoms with Gasteiger partial charge in [-0.1, -0.05) is 0 Å².